The quantitative estimate of drug-likeness (QED) is 0.707. The Hall–Kier alpha value is -0.920. The highest BCUT2D eigenvalue weighted by Crippen LogP contribution is 2.21. The summed E-state index contributed by atoms with van der Waals surface area (Å²) < 4.78 is 27.6. The van der Waals surface area contributed by atoms with Gasteiger partial charge in [-0.05, 0) is 19.3 Å². The van der Waals surface area contributed by atoms with Crippen molar-refractivity contribution in [2.45, 2.75) is 26.2 Å². The second-order valence-electron chi connectivity index (χ2n) is 4.67. The highest BCUT2D eigenvalue weighted by atomic mass is 32.2. The Kier molecular flexibility index (Phi) is 5.96. The van der Waals surface area contributed by atoms with Crippen molar-refractivity contribution in [2.75, 3.05) is 26.2 Å². The number of rotatable bonds is 7. The lowest BCUT2D eigenvalue weighted by Crippen LogP contribution is -2.48. The fourth-order valence-corrected chi connectivity index (χ4v) is 3.90. The van der Waals surface area contributed by atoms with Crippen molar-refractivity contribution in [2.24, 2.45) is 5.92 Å². The van der Waals surface area contributed by atoms with Gasteiger partial charge in [0.1, 0.15) is 0 Å². The fourth-order valence-electron chi connectivity index (χ4n) is 2.19. The molecule has 0 aromatic carbocycles. The molecule has 110 valence electrons. The van der Waals surface area contributed by atoms with Crippen LogP contribution in [0, 0.1) is 5.92 Å². The molecule has 0 aliphatic carbocycles. The van der Waals surface area contributed by atoms with Crippen molar-refractivity contribution in [3.63, 3.8) is 0 Å². The molecule has 1 aliphatic rings. The molecular formula is C12H22N2O4S. The monoisotopic (exact) mass is 290 g/mol. The summed E-state index contributed by atoms with van der Waals surface area (Å²) in [6.07, 6.45) is 3.06. The molecule has 1 heterocycles. The Morgan fingerprint density at radius 2 is 2.05 bits per heavy atom. The van der Waals surface area contributed by atoms with Crippen LogP contribution in [0.1, 0.15) is 26.2 Å². The molecule has 7 heteroatoms. The molecule has 0 aromatic rings. The summed E-state index contributed by atoms with van der Waals surface area (Å²) in [5.41, 5.74) is 0. The van der Waals surface area contributed by atoms with E-state index in [1.54, 1.807) is 6.08 Å². The van der Waals surface area contributed by atoms with E-state index in [-0.39, 0.29) is 19.6 Å². The molecule has 0 saturated carbocycles. The molecule has 1 N–H and O–H groups in total. The molecule has 0 spiro atoms. The second kappa shape index (κ2) is 7.02. The molecule has 1 aliphatic heterocycles. The lowest BCUT2D eigenvalue weighted by Gasteiger charge is -2.33. The number of carbonyl (C=O) groups is 1. The first-order chi connectivity index (χ1) is 8.93. The van der Waals surface area contributed by atoms with E-state index in [2.05, 4.69) is 6.58 Å². The van der Waals surface area contributed by atoms with E-state index < -0.39 is 22.1 Å². The van der Waals surface area contributed by atoms with Crippen LogP contribution in [0.5, 0.6) is 0 Å². The first kappa shape index (κ1) is 16.1. The summed E-state index contributed by atoms with van der Waals surface area (Å²) in [6, 6.07) is 0. The van der Waals surface area contributed by atoms with Gasteiger partial charge in [-0.25, -0.2) is 0 Å². The van der Waals surface area contributed by atoms with Crippen LogP contribution in [0.15, 0.2) is 12.7 Å². The maximum absolute atomic E-state index is 12.4. The predicted molar refractivity (Wildman–Crippen MR) is 72.9 cm³/mol. The molecule has 1 fully saturated rings. The zero-order valence-electron chi connectivity index (χ0n) is 11.3. The van der Waals surface area contributed by atoms with E-state index in [0.29, 0.717) is 19.4 Å². The van der Waals surface area contributed by atoms with Crippen molar-refractivity contribution in [3.05, 3.63) is 12.7 Å². The van der Waals surface area contributed by atoms with Crippen molar-refractivity contribution >= 4 is 16.2 Å². The van der Waals surface area contributed by atoms with Gasteiger partial charge in [0.25, 0.3) is 10.2 Å². The van der Waals surface area contributed by atoms with Crippen LogP contribution >= 0.6 is 0 Å². The molecule has 0 bridgehead atoms. The Labute approximate surface area is 114 Å². The first-order valence-electron chi connectivity index (χ1n) is 6.52. The van der Waals surface area contributed by atoms with Gasteiger partial charge in [0.2, 0.25) is 0 Å². The topological polar surface area (TPSA) is 77.9 Å². The maximum atomic E-state index is 12.4. The lowest BCUT2D eigenvalue weighted by molar-refractivity contribution is -0.142. The van der Waals surface area contributed by atoms with Crippen LogP contribution in [0.3, 0.4) is 0 Å². The zero-order chi connectivity index (χ0) is 14.5. The molecule has 0 radical (unpaired) electrons. The third kappa shape index (κ3) is 4.02. The Balaban J connectivity index is 2.72. The minimum absolute atomic E-state index is 0.274. The normalized spacial score (nSPS) is 18.6. The minimum Gasteiger partial charge on any atom is -0.481 e. The van der Waals surface area contributed by atoms with Gasteiger partial charge in [-0.15, -0.1) is 6.58 Å². The molecule has 0 atom stereocenters. The van der Waals surface area contributed by atoms with Gasteiger partial charge in [0, 0.05) is 26.2 Å². The average Bonchev–Trinajstić information content (AvgIpc) is 2.38. The van der Waals surface area contributed by atoms with E-state index in [1.165, 1.54) is 8.61 Å². The second-order valence-corrected chi connectivity index (χ2v) is 6.59. The van der Waals surface area contributed by atoms with Crippen molar-refractivity contribution in [1.29, 1.82) is 0 Å². The van der Waals surface area contributed by atoms with E-state index in [9.17, 15) is 13.2 Å². The highest BCUT2D eigenvalue weighted by Gasteiger charge is 2.33. The number of aliphatic carboxylic acids is 1. The smallest absolute Gasteiger partial charge is 0.306 e. The Morgan fingerprint density at radius 3 is 2.47 bits per heavy atom. The van der Waals surface area contributed by atoms with Gasteiger partial charge in [-0.2, -0.15) is 17.0 Å². The van der Waals surface area contributed by atoms with Crippen LogP contribution in [0.2, 0.25) is 0 Å². The average molecular weight is 290 g/mol. The maximum Gasteiger partial charge on any atom is 0.306 e. The summed E-state index contributed by atoms with van der Waals surface area (Å²) in [5.74, 6) is -1.26. The number of hydrogen-bond donors (Lipinski definition) is 1. The summed E-state index contributed by atoms with van der Waals surface area (Å²) in [4.78, 5) is 10.9. The third-order valence-corrected chi connectivity index (χ3v) is 5.26. The van der Waals surface area contributed by atoms with Gasteiger partial charge in [0.15, 0.2) is 0 Å². The molecular weight excluding hydrogens is 268 g/mol. The number of nitrogens with zero attached hydrogens (tertiary/aromatic N) is 2. The number of hydrogen-bond acceptors (Lipinski definition) is 3. The molecule has 0 aromatic heterocycles. The number of carboxylic acids is 1. The van der Waals surface area contributed by atoms with Crippen molar-refractivity contribution in [1.82, 2.24) is 8.61 Å². The highest BCUT2D eigenvalue weighted by molar-refractivity contribution is 7.86. The van der Waals surface area contributed by atoms with E-state index in [1.807, 2.05) is 6.92 Å². The zero-order valence-corrected chi connectivity index (χ0v) is 12.1. The van der Waals surface area contributed by atoms with Gasteiger partial charge < -0.3 is 5.11 Å². The minimum atomic E-state index is -3.50. The largest absolute Gasteiger partial charge is 0.481 e. The molecule has 0 amide bonds. The van der Waals surface area contributed by atoms with Crippen molar-refractivity contribution < 1.29 is 18.3 Å². The summed E-state index contributed by atoms with van der Waals surface area (Å²) in [7, 11) is -3.50. The molecule has 19 heavy (non-hydrogen) atoms. The first-order valence-corrected chi connectivity index (χ1v) is 7.92. The number of carboxylic acid groups (broad SMARTS) is 1. The van der Waals surface area contributed by atoms with Gasteiger partial charge >= 0.3 is 5.97 Å². The Morgan fingerprint density at radius 1 is 1.47 bits per heavy atom. The van der Waals surface area contributed by atoms with Gasteiger partial charge in [0.05, 0.1) is 5.92 Å². The van der Waals surface area contributed by atoms with E-state index >= 15 is 0 Å². The van der Waals surface area contributed by atoms with Crippen LogP contribution in [0.4, 0.5) is 0 Å². The van der Waals surface area contributed by atoms with Crippen LogP contribution in [0.25, 0.3) is 0 Å². The molecule has 1 saturated heterocycles. The van der Waals surface area contributed by atoms with Crippen LogP contribution < -0.4 is 0 Å². The molecule has 6 nitrogen and oxygen atoms in total. The van der Waals surface area contributed by atoms with Gasteiger partial charge in [-0.1, -0.05) is 13.0 Å². The van der Waals surface area contributed by atoms with Crippen molar-refractivity contribution in [3.8, 4) is 0 Å². The van der Waals surface area contributed by atoms with E-state index in [0.717, 1.165) is 6.42 Å². The van der Waals surface area contributed by atoms with Crippen LogP contribution in [-0.4, -0.2) is 54.3 Å². The standard InChI is InChI=1S/C12H22N2O4S/c1-3-7-13(8-4-2)19(17,18)14-9-5-11(6-10-14)12(15)16/h3,11H,1,4-10H2,2H3,(H,15,16). The van der Waals surface area contributed by atoms with Gasteiger partial charge in [-0.3, -0.25) is 4.79 Å². The third-order valence-electron chi connectivity index (χ3n) is 3.26. The summed E-state index contributed by atoms with van der Waals surface area (Å²) >= 11 is 0. The molecule has 1 rings (SSSR count). The molecule has 0 unspecified atom stereocenters. The summed E-state index contributed by atoms with van der Waals surface area (Å²) in [5, 5.41) is 8.91. The summed E-state index contributed by atoms with van der Waals surface area (Å²) in [6.45, 7) is 6.78. The van der Waals surface area contributed by atoms with Crippen LogP contribution in [-0.2, 0) is 15.0 Å². The number of piperidine rings is 1. The predicted octanol–water partition coefficient (Wildman–Crippen LogP) is 0.926. The van der Waals surface area contributed by atoms with E-state index in [4.69, 9.17) is 5.11 Å². The SMILES string of the molecule is C=CCN(CCC)S(=O)(=O)N1CCC(C(=O)O)CC1. The Bertz CT molecular complexity index is 413. The fraction of sp³-hybridized carbons (Fsp3) is 0.750. The lowest BCUT2D eigenvalue weighted by atomic mass is 9.99.